The van der Waals surface area contributed by atoms with E-state index in [-0.39, 0.29) is 36.8 Å². The molecule has 0 aromatic rings. The molecule has 110 valence electrons. The SMILES string of the molecule is CC(NC(=O)[C@@H](C)N)C(C)N1CCOCC1.Cl.Cl. The van der Waals surface area contributed by atoms with E-state index >= 15 is 0 Å². The third-order valence-corrected chi connectivity index (χ3v) is 3.13. The van der Waals surface area contributed by atoms with Crippen LogP contribution in [-0.4, -0.2) is 55.2 Å². The van der Waals surface area contributed by atoms with E-state index in [1.54, 1.807) is 6.92 Å². The summed E-state index contributed by atoms with van der Waals surface area (Å²) in [6.45, 7) is 9.25. The molecule has 1 aliphatic heterocycles. The van der Waals surface area contributed by atoms with Crippen LogP contribution in [0.3, 0.4) is 0 Å². The van der Waals surface area contributed by atoms with Gasteiger partial charge in [0, 0.05) is 25.2 Å². The number of halogens is 2. The van der Waals surface area contributed by atoms with Gasteiger partial charge in [-0.15, -0.1) is 24.8 Å². The summed E-state index contributed by atoms with van der Waals surface area (Å²) >= 11 is 0. The Bertz CT molecular complexity index is 236. The standard InChI is InChI=1S/C11H23N3O2.2ClH/c1-8(12)11(15)13-9(2)10(3)14-4-6-16-7-5-14;;/h8-10H,4-7,12H2,1-3H3,(H,13,15);2*1H/t8-,9?,10?;;/m1../s1. The number of hydrogen-bond acceptors (Lipinski definition) is 4. The smallest absolute Gasteiger partial charge is 0.236 e. The molecule has 0 radical (unpaired) electrons. The second-order valence-electron chi connectivity index (χ2n) is 4.47. The van der Waals surface area contributed by atoms with E-state index in [2.05, 4.69) is 17.1 Å². The molecule has 0 aromatic heterocycles. The van der Waals surface area contributed by atoms with Crippen LogP contribution in [0, 0.1) is 0 Å². The fourth-order valence-electron chi connectivity index (χ4n) is 1.78. The molecule has 2 unspecified atom stereocenters. The Kier molecular flexibility index (Phi) is 11.0. The lowest BCUT2D eigenvalue weighted by atomic mass is 10.1. The number of hydrogen-bond donors (Lipinski definition) is 2. The Balaban J connectivity index is 0. The van der Waals surface area contributed by atoms with Crippen LogP contribution >= 0.6 is 24.8 Å². The fraction of sp³-hybridized carbons (Fsp3) is 0.909. The van der Waals surface area contributed by atoms with Crippen LogP contribution in [0.15, 0.2) is 0 Å². The minimum atomic E-state index is -0.445. The Morgan fingerprint density at radius 2 is 1.72 bits per heavy atom. The van der Waals surface area contributed by atoms with Gasteiger partial charge in [0.25, 0.3) is 0 Å². The maximum atomic E-state index is 11.5. The topological polar surface area (TPSA) is 67.6 Å². The van der Waals surface area contributed by atoms with Crippen molar-refractivity contribution in [2.24, 2.45) is 5.73 Å². The zero-order valence-corrected chi connectivity index (χ0v) is 12.9. The normalized spacial score (nSPS) is 20.9. The molecule has 0 aromatic carbocycles. The maximum Gasteiger partial charge on any atom is 0.236 e. The van der Waals surface area contributed by atoms with Crippen molar-refractivity contribution in [3.8, 4) is 0 Å². The van der Waals surface area contributed by atoms with E-state index in [9.17, 15) is 4.79 Å². The van der Waals surface area contributed by atoms with Gasteiger partial charge >= 0.3 is 0 Å². The molecule has 1 fully saturated rings. The number of nitrogens with zero attached hydrogens (tertiary/aromatic N) is 1. The van der Waals surface area contributed by atoms with E-state index in [0.717, 1.165) is 26.3 Å². The highest BCUT2D eigenvalue weighted by Crippen LogP contribution is 2.07. The number of ether oxygens (including phenoxy) is 1. The number of rotatable bonds is 4. The minimum Gasteiger partial charge on any atom is -0.379 e. The van der Waals surface area contributed by atoms with Gasteiger partial charge in [0.2, 0.25) is 5.91 Å². The van der Waals surface area contributed by atoms with Crippen LogP contribution in [0.5, 0.6) is 0 Å². The summed E-state index contributed by atoms with van der Waals surface area (Å²) in [5.74, 6) is -0.0902. The lowest BCUT2D eigenvalue weighted by Crippen LogP contribution is -2.54. The molecule has 5 nitrogen and oxygen atoms in total. The number of carbonyl (C=O) groups excluding carboxylic acids is 1. The Labute approximate surface area is 122 Å². The second-order valence-corrected chi connectivity index (χ2v) is 4.47. The Hall–Kier alpha value is -0.0700. The molecule has 1 rings (SSSR count). The zero-order valence-electron chi connectivity index (χ0n) is 11.2. The van der Waals surface area contributed by atoms with Crippen molar-refractivity contribution in [3.05, 3.63) is 0 Å². The van der Waals surface area contributed by atoms with Gasteiger partial charge in [-0.25, -0.2) is 0 Å². The van der Waals surface area contributed by atoms with Crippen LogP contribution in [0.2, 0.25) is 0 Å². The van der Waals surface area contributed by atoms with Gasteiger partial charge in [-0.05, 0) is 20.8 Å². The highest BCUT2D eigenvalue weighted by Gasteiger charge is 2.23. The number of morpholine rings is 1. The quantitative estimate of drug-likeness (QED) is 0.789. The summed E-state index contributed by atoms with van der Waals surface area (Å²) in [4.78, 5) is 13.8. The molecule has 0 spiro atoms. The number of nitrogens with two attached hydrogens (primary N) is 1. The summed E-state index contributed by atoms with van der Waals surface area (Å²) in [5.41, 5.74) is 5.52. The van der Waals surface area contributed by atoms with Gasteiger partial charge in [-0.3, -0.25) is 9.69 Å². The molecule has 1 heterocycles. The fourth-order valence-corrected chi connectivity index (χ4v) is 1.78. The van der Waals surface area contributed by atoms with Crippen molar-refractivity contribution in [3.63, 3.8) is 0 Å². The molecule has 1 amide bonds. The molecule has 1 saturated heterocycles. The van der Waals surface area contributed by atoms with Crippen molar-refractivity contribution in [2.45, 2.75) is 38.9 Å². The first-order valence-corrected chi connectivity index (χ1v) is 5.90. The Morgan fingerprint density at radius 1 is 1.22 bits per heavy atom. The summed E-state index contributed by atoms with van der Waals surface area (Å²) in [7, 11) is 0. The van der Waals surface area contributed by atoms with Crippen LogP contribution in [0.4, 0.5) is 0 Å². The average Bonchev–Trinajstić information content (AvgIpc) is 2.28. The summed E-state index contributed by atoms with van der Waals surface area (Å²) < 4.78 is 5.30. The largest absolute Gasteiger partial charge is 0.379 e. The molecule has 3 N–H and O–H groups in total. The monoisotopic (exact) mass is 301 g/mol. The van der Waals surface area contributed by atoms with Crippen molar-refractivity contribution < 1.29 is 9.53 Å². The van der Waals surface area contributed by atoms with Crippen molar-refractivity contribution in [1.29, 1.82) is 0 Å². The van der Waals surface area contributed by atoms with Crippen molar-refractivity contribution in [2.75, 3.05) is 26.3 Å². The first-order valence-electron chi connectivity index (χ1n) is 5.90. The first kappa shape index (κ1) is 20.3. The summed E-state index contributed by atoms with van der Waals surface area (Å²) in [6, 6.07) is -0.0254. The number of nitrogens with one attached hydrogen (secondary N) is 1. The van der Waals surface area contributed by atoms with Crippen LogP contribution in [0.25, 0.3) is 0 Å². The molecule has 7 heteroatoms. The molecule has 0 saturated carbocycles. The summed E-state index contributed by atoms with van der Waals surface area (Å²) in [6.07, 6.45) is 0. The van der Waals surface area contributed by atoms with E-state index in [1.807, 2.05) is 6.92 Å². The lowest BCUT2D eigenvalue weighted by Gasteiger charge is -2.36. The highest BCUT2D eigenvalue weighted by atomic mass is 35.5. The Morgan fingerprint density at radius 3 is 2.17 bits per heavy atom. The highest BCUT2D eigenvalue weighted by molar-refractivity contribution is 5.85. The van der Waals surface area contributed by atoms with Gasteiger partial charge in [0.05, 0.1) is 19.3 Å². The molecule has 18 heavy (non-hydrogen) atoms. The van der Waals surface area contributed by atoms with Gasteiger partial charge < -0.3 is 15.8 Å². The van der Waals surface area contributed by atoms with Crippen LogP contribution in [0.1, 0.15) is 20.8 Å². The van der Waals surface area contributed by atoms with Gasteiger partial charge in [-0.2, -0.15) is 0 Å². The van der Waals surface area contributed by atoms with Gasteiger partial charge in [0.15, 0.2) is 0 Å². The third kappa shape index (κ3) is 6.20. The lowest BCUT2D eigenvalue weighted by molar-refractivity contribution is -0.123. The van der Waals surface area contributed by atoms with E-state index in [4.69, 9.17) is 10.5 Å². The maximum absolute atomic E-state index is 11.5. The van der Waals surface area contributed by atoms with Crippen LogP contribution < -0.4 is 11.1 Å². The van der Waals surface area contributed by atoms with E-state index in [0.29, 0.717) is 6.04 Å². The predicted octanol–water partition coefficient (Wildman–Crippen LogP) is 0.403. The summed E-state index contributed by atoms with van der Waals surface area (Å²) in [5, 5.41) is 2.93. The molecule has 1 aliphatic rings. The van der Waals surface area contributed by atoms with Crippen LogP contribution in [-0.2, 0) is 9.53 Å². The minimum absolute atomic E-state index is 0. The molecule has 0 aliphatic carbocycles. The first-order chi connectivity index (χ1) is 7.52. The second kappa shape index (κ2) is 9.81. The molecule has 3 atom stereocenters. The predicted molar refractivity (Wildman–Crippen MR) is 77.6 cm³/mol. The third-order valence-electron chi connectivity index (χ3n) is 3.13. The van der Waals surface area contributed by atoms with Crippen molar-refractivity contribution in [1.82, 2.24) is 10.2 Å². The molecular formula is C11H25Cl2N3O2. The average molecular weight is 302 g/mol. The number of amides is 1. The van der Waals surface area contributed by atoms with E-state index in [1.165, 1.54) is 0 Å². The zero-order chi connectivity index (χ0) is 12.1. The van der Waals surface area contributed by atoms with E-state index < -0.39 is 6.04 Å². The molecule has 0 bridgehead atoms. The van der Waals surface area contributed by atoms with Gasteiger partial charge in [0.1, 0.15) is 0 Å². The van der Waals surface area contributed by atoms with Crippen molar-refractivity contribution >= 4 is 30.7 Å². The molecular weight excluding hydrogens is 277 g/mol. The number of carbonyl (C=O) groups is 1. The van der Waals surface area contributed by atoms with Gasteiger partial charge in [-0.1, -0.05) is 0 Å².